The Kier molecular flexibility index (Phi) is 5.03. The SMILES string of the molecule is CCCCCOC[C@@H]1O[C@@H]2OC(C)(C)O[C@@H]2[C@H]2OC(C)(C)O[C@H]21. The molecule has 3 heterocycles. The van der Waals surface area contributed by atoms with Crippen molar-refractivity contribution in [3.05, 3.63) is 0 Å². The van der Waals surface area contributed by atoms with Gasteiger partial charge in [0.25, 0.3) is 0 Å². The Balaban J connectivity index is 1.64. The lowest BCUT2D eigenvalue weighted by atomic mass is 9.99. The summed E-state index contributed by atoms with van der Waals surface area (Å²) in [5, 5.41) is 0. The highest BCUT2D eigenvalue weighted by Crippen LogP contribution is 2.44. The van der Waals surface area contributed by atoms with Crippen LogP contribution >= 0.6 is 0 Å². The Morgan fingerprint density at radius 1 is 0.826 bits per heavy atom. The molecule has 134 valence electrons. The van der Waals surface area contributed by atoms with Crippen LogP contribution in [0.25, 0.3) is 0 Å². The minimum atomic E-state index is -0.674. The molecule has 0 bridgehead atoms. The molecule has 3 aliphatic heterocycles. The number of hydrogen-bond donors (Lipinski definition) is 0. The number of unbranched alkanes of at least 4 members (excludes halogenated alkanes) is 2. The third-order valence-corrected chi connectivity index (χ3v) is 4.43. The smallest absolute Gasteiger partial charge is 0.190 e. The van der Waals surface area contributed by atoms with Crippen molar-refractivity contribution in [3.63, 3.8) is 0 Å². The first kappa shape index (κ1) is 17.6. The molecule has 0 aliphatic carbocycles. The van der Waals surface area contributed by atoms with Gasteiger partial charge in [-0.3, -0.25) is 0 Å². The molecule has 3 saturated heterocycles. The first-order valence-electron chi connectivity index (χ1n) is 8.76. The van der Waals surface area contributed by atoms with Gasteiger partial charge in [-0.1, -0.05) is 19.8 Å². The predicted octanol–water partition coefficient (Wildman–Crippen LogP) is 2.59. The summed E-state index contributed by atoms with van der Waals surface area (Å²) in [5.74, 6) is -1.32. The highest BCUT2D eigenvalue weighted by molar-refractivity contribution is 5.00. The van der Waals surface area contributed by atoms with Gasteiger partial charge in [0, 0.05) is 6.61 Å². The Bertz CT molecular complexity index is 410. The Hall–Kier alpha value is -0.240. The molecule has 3 rings (SSSR count). The molecule has 23 heavy (non-hydrogen) atoms. The van der Waals surface area contributed by atoms with E-state index in [1.165, 1.54) is 12.8 Å². The molecule has 0 aromatic rings. The number of fused-ring (bicyclic) bond motifs is 3. The average Bonchev–Trinajstić information content (AvgIpc) is 2.93. The number of rotatable bonds is 6. The molecule has 0 unspecified atom stereocenters. The van der Waals surface area contributed by atoms with Crippen LogP contribution in [0.15, 0.2) is 0 Å². The molecule has 0 N–H and O–H groups in total. The quantitative estimate of drug-likeness (QED) is 0.698. The van der Waals surface area contributed by atoms with E-state index in [9.17, 15) is 0 Å². The Morgan fingerprint density at radius 2 is 1.48 bits per heavy atom. The molecule has 3 aliphatic rings. The van der Waals surface area contributed by atoms with Gasteiger partial charge in [0.1, 0.15) is 24.4 Å². The first-order chi connectivity index (χ1) is 10.8. The molecule has 0 aromatic carbocycles. The van der Waals surface area contributed by atoms with E-state index < -0.39 is 17.9 Å². The van der Waals surface area contributed by atoms with Crippen molar-refractivity contribution in [2.45, 2.75) is 96.2 Å². The van der Waals surface area contributed by atoms with Gasteiger partial charge in [0.15, 0.2) is 17.9 Å². The molecule has 6 nitrogen and oxygen atoms in total. The monoisotopic (exact) mass is 330 g/mol. The molecule has 0 radical (unpaired) electrons. The summed E-state index contributed by atoms with van der Waals surface area (Å²) in [5.41, 5.74) is 0. The Labute approximate surface area is 138 Å². The van der Waals surface area contributed by atoms with Crippen LogP contribution < -0.4 is 0 Å². The summed E-state index contributed by atoms with van der Waals surface area (Å²) in [6.45, 7) is 11.0. The number of hydrogen-bond acceptors (Lipinski definition) is 6. The summed E-state index contributed by atoms with van der Waals surface area (Å²) < 4.78 is 35.8. The van der Waals surface area contributed by atoms with Crippen molar-refractivity contribution >= 4 is 0 Å². The molecule has 6 heteroatoms. The minimum Gasteiger partial charge on any atom is -0.379 e. The summed E-state index contributed by atoms with van der Waals surface area (Å²) in [6.07, 6.45) is 2.12. The van der Waals surface area contributed by atoms with E-state index in [4.69, 9.17) is 28.4 Å². The van der Waals surface area contributed by atoms with Gasteiger partial charge in [0.2, 0.25) is 0 Å². The van der Waals surface area contributed by atoms with Crippen molar-refractivity contribution in [1.82, 2.24) is 0 Å². The van der Waals surface area contributed by atoms with E-state index in [-0.39, 0.29) is 24.4 Å². The van der Waals surface area contributed by atoms with Crippen LogP contribution in [0.5, 0.6) is 0 Å². The first-order valence-corrected chi connectivity index (χ1v) is 8.76. The molecule has 0 amide bonds. The van der Waals surface area contributed by atoms with Crippen molar-refractivity contribution in [3.8, 4) is 0 Å². The fraction of sp³-hybridized carbons (Fsp3) is 1.00. The van der Waals surface area contributed by atoms with E-state index in [0.29, 0.717) is 6.61 Å². The predicted molar refractivity (Wildman–Crippen MR) is 82.9 cm³/mol. The molecule has 0 saturated carbocycles. The van der Waals surface area contributed by atoms with Crippen LogP contribution in [0, 0.1) is 0 Å². The van der Waals surface area contributed by atoms with Gasteiger partial charge in [-0.15, -0.1) is 0 Å². The minimum absolute atomic E-state index is 0.199. The van der Waals surface area contributed by atoms with E-state index in [0.717, 1.165) is 13.0 Å². The molecular formula is C17H30O6. The van der Waals surface area contributed by atoms with Crippen molar-refractivity contribution in [1.29, 1.82) is 0 Å². The van der Waals surface area contributed by atoms with E-state index in [1.54, 1.807) is 0 Å². The molecular weight excluding hydrogens is 300 g/mol. The maximum absolute atomic E-state index is 6.08. The standard InChI is InChI=1S/C17H30O6/c1-6-7-8-9-18-10-11-12-13(21-16(2,3)20-12)14-15(19-11)23-17(4,5)22-14/h11-15H,6-10H2,1-5H3/t11-,12-,13-,14+,15+/m0/s1. The van der Waals surface area contributed by atoms with Crippen LogP contribution in [0.3, 0.4) is 0 Å². The van der Waals surface area contributed by atoms with Crippen LogP contribution in [0.1, 0.15) is 53.9 Å². The topological polar surface area (TPSA) is 55.4 Å². The summed E-state index contributed by atoms with van der Waals surface area (Å²) in [7, 11) is 0. The zero-order valence-electron chi connectivity index (χ0n) is 14.9. The second-order valence-electron chi connectivity index (χ2n) is 7.49. The van der Waals surface area contributed by atoms with Crippen LogP contribution in [-0.4, -0.2) is 55.5 Å². The lowest BCUT2D eigenvalue weighted by Crippen LogP contribution is -2.56. The summed E-state index contributed by atoms with van der Waals surface area (Å²) >= 11 is 0. The third kappa shape index (κ3) is 3.89. The van der Waals surface area contributed by atoms with E-state index in [1.807, 2.05) is 27.7 Å². The van der Waals surface area contributed by atoms with E-state index in [2.05, 4.69) is 6.92 Å². The highest BCUT2D eigenvalue weighted by Gasteiger charge is 2.60. The molecule has 0 spiro atoms. The van der Waals surface area contributed by atoms with Crippen molar-refractivity contribution in [2.75, 3.05) is 13.2 Å². The Morgan fingerprint density at radius 3 is 2.22 bits per heavy atom. The summed E-state index contributed by atoms with van der Waals surface area (Å²) in [4.78, 5) is 0. The second-order valence-corrected chi connectivity index (χ2v) is 7.49. The zero-order valence-corrected chi connectivity index (χ0v) is 14.9. The van der Waals surface area contributed by atoms with Crippen LogP contribution in [-0.2, 0) is 28.4 Å². The fourth-order valence-corrected chi connectivity index (χ4v) is 3.48. The third-order valence-electron chi connectivity index (χ3n) is 4.43. The van der Waals surface area contributed by atoms with Crippen LogP contribution in [0.2, 0.25) is 0 Å². The number of ether oxygens (including phenoxy) is 6. The highest BCUT2D eigenvalue weighted by atomic mass is 16.9. The lowest BCUT2D eigenvalue weighted by molar-refractivity contribution is -0.243. The normalized spacial score (nSPS) is 40.8. The van der Waals surface area contributed by atoms with Crippen LogP contribution in [0.4, 0.5) is 0 Å². The average molecular weight is 330 g/mol. The van der Waals surface area contributed by atoms with Gasteiger partial charge in [-0.25, -0.2) is 0 Å². The maximum Gasteiger partial charge on any atom is 0.190 e. The molecule has 5 atom stereocenters. The van der Waals surface area contributed by atoms with Gasteiger partial charge in [-0.2, -0.15) is 0 Å². The van der Waals surface area contributed by atoms with Gasteiger partial charge in [-0.05, 0) is 34.1 Å². The largest absolute Gasteiger partial charge is 0.379 e. The molecule has 0 aromatic heterocycles. The lowest BCUT2D eigenvalue weighted by Gasteiger charge is -2.37. The van der Waals surface area contributed by atoms with Crippen molar-refractivity contribution in [2.24, 2.45) is 0 Å². The van der Waals surface area contributed by atoms with Gasteiger partial charge >= 0.3 is 0 Å². The maximum atomic E-state index is 6.08. The van der Waals surface area contributed by atoms with Crippen molar-refractivity contribution < 1.29 is 28.4 Å². The summed E-state index contributed by atoms with van der Waals surface area (Å²) in [6, 6.07) is 0. The van der Waals surface area contributed by atoms with Gasteiger partial charge in [0.05, 0.1) is 6.61 Å². The second kappa shape index (κ2) is 6.58. The zero-order chi connectivity index (χ0) is 16.7. The van der Waals surface area contributed by atoms with E-state index >= 15 is 0 Å². The molecule has 3 fully saturated rings. The van der Waals surface area contributed by atoms with Gasteiger partial charge < -0.3 is 28.4 Å². The fourth-order valence-electron chi connectivity index (χ4n) is 3.48.